The fourth-order valence-corrected chi connectivity index (χ4v) is 0. The van der Waals surface area contributed by atoms with Gasteiger partial charge in [0.25, 0.3) is 0 Å². The van der Waals surface area contributed by atoms with Crippen molar-refractivity contribution in [1.29, 1.82) is 0 Å². The molecule has 0 aromatic heterocycles. The molecule has 3 N–H and O–H groups in total. The van der Waals surface area contributed by atoms with E-state index in [1.165, 1.54) is 0 Å². The summed E-state index contributed by atoms with van der Waals surface area (Å²) in [5.74, 6) is 0. The summed E-state index contributed by atoms with van der Waals surface area (Å²) in [6.45, 7) is 0. The average molecular weight is 138 g/mol. The quantitative estimate of drug-likeness (QED) is 0.243. The van der Waals surface area contributed by atoms with Crippen LogP contribution >= 0.6 is 7.82 Å². The van der Waals surface area contributed by atoms with E-state index in [9.17, 15) is 0 Å². The van der Waals surface area contributed by atoms with Crippen molar-refractivity contribution in [3.63, 3.8) is 0 Å². The molecule has 0 amide bonds. The summed E-state index contributed by atoms with van der Waals surface area (Å²) in [5, 5.41) is 0. The summed E-state index contributed by atoms with van der Waals surface area (Å²) < 4.78 is 8.88. The first-order chi connectivity index (χ1) is 2.00. The zero-order valence-electron chi connectivity index (χ0n) is 4.20. The fraction of sp³-hybridized carbons (Fsp3) is 1.00. The molecule has 42 valence electrons. The number of hydrogen-bond donors (Lipinski definition) is 3. The van der Waals surface area contributed by atoms with Crippen molar-refractivity contribution < 1.29 is 50.2 Å². The van der Waals surface area contributed by atoms with Crippen molar-refractivity contribution in [3.05, 3.63) is 0 Å². The molecule has 0 heterocycles. The summed E-state index contributed by atoms with van der Waals surface area (Å²) in [5.41, 5.74) is 0. The Labute approximate surface area is 65.6 Å². The van der Waals surface area contributed by atoms with Crippen LogP contribution in [0.3, 0.4) is 0 Å². The molecule has 0 unspecified atom stereocenters. The van der Waals surface area contributed by atoms with Gasteiger partial charge in [-0.1, -0.05) is 7.43 Å². The van der Waals surface area contributed by atoms with E-state index >= 15 is 0 Å². The molecule has 0 fully saturated rings. The van der Waals surface area contributed by atoms with Crippen molar-refractivity contribution in [2.45, 2.75) is 7.43 Å². The van der Waals surface area contributed by atoms with Gasteiger partial charge < -0.3 is 16.1 Å². The van der Waals surface area contributed by atoms with E-state index in [2.05, 4.69) is 0 Å². The molecule has 0 bridgehead atoms. The maximum absolute atomic E-state index is 8.88. The summed E-state index contributed by atoms with van der Waals surface area (Å²) in [6.07, 6.45) is 0. The van der Waals surface area contributed by atoms with Gasteiger partial charge in [0.15, 0.2) is 0 Å². The Balaban J connectivity index is -0.0000000267. The van der Waals surface area contributed by atoms with Crippen LogP contribution < -0.4 is 29.6 Å². The maximum Gasteiger partial charge on any atom is 1.00 e. The molecule has 0 aliphatic rings. The van der Waals surface area contributed by atoms with Gasteiger partial charge in [0.2, 0.25) is 0 Å². The van der Waals surface area contributed by atoms with Crippen LogP contribution in [0.1, 0.15) is 8.85 Å². The summed E-state index contributed by atoms with van der Waals surface area (Å²) in [7, 11) is -4.64. The Kier molecular flexibility index (Phi) is 11.8. The van der Waals surface area contributed by atoms with Gasteiger partial charge in [-0.3, -0.25) is 0 Å². The first-order valence-corrected chi connectivity index (χ1v) is 2.35. The normalized spacial score (nSPS) is 8.43. The van der Waals surface area contributed by atoms with Gasteiger partial charge >= 0.3 is 37.4 Å². The number of phosphoric acid groups is 1. The van der Waals surface area contributed by atoms with Crippen LogP contribution in [0, 0.1) is 0 Å². The van der Waals surface area contributed by atoms with Crippen LogP contribution in [0.4, 0.5) is 0 Å². The molecule has 0 radical (unpaired) electrons. The van der Waals surface area contributed by atoms with Gasteiger partial charge in [0.1, 0.15) is 0 Å². The van der Waals surface area contributed by atoms with Crippen LogP contribution in [0.25, 0.3) is 0 Å². The smallest absolute Gasteiger partial charge is 1.00 e. The molecule has 6 heteroatoms. The van der Waals surface area contributed by atoms with E-state index in [0.29, 0.717) is 0 Å². The van der Waals surface area contributed by atoms with Crippen LogP contribution in [-0.4, -0.2) is 14.7 Å². The maximum atomic E-state index is 8.88. The minimum Gasteiger partial charge on any atom is -1.00 e. The van der Waals surface area contributed by atoms with E-state index < -0.39 is 7.82 Å². The molecule has 4 nitrogen and oxygen atoms in total. The van der Waals surface area contributed by atoms with Crippen molar-refractivity contribution in [2.75, 3.05) is 0 Å². The second kappa shape index (κ2) is 5.25. The van der Waals surface area contributed by atoms with E-state index in [1.807, 2.05) is 0 Å². The molecular formula is CH8NaO4P. The third-order valence-electron chi connectivity index (χ3n) is 0. The third-order valence-corrected chi connectivity index (χ3v) is 0. The summed E-state index contributed by atoms with van der Waals surface area (Å²) in [4.78, 5) is 21.6. The zero-order valence-corrected chi connectivity index (χ0v) is 6.09. The van der Waals surface area contributed by atoms with Gasteiger partial charge in [0, 0.05) is 0 Å². The second-order valence-electron chi connectivity index (χ2n) is 0.513. The van der Waals surface area contributed by atoms with Crippen molar-refractivity contribution >= 4 is 7.82 Å². The van der Waals surface area contributed by atoms with Gasteiger partial charge in [-0.2, -0.15) is 0 Å². The SMILES string of the molecule is C.O=P(O)(O)O.[H-].[Na+]. The molecule has 0 saturated carbocycles. The Morgan fingerprint density at radius 2 is 1.29 bits per heavy atom. The minimum absolute atomic E-state index is 0. The molecule has 0 aliphatic heterocycles. The molecule has 0 aromatic carbocycles. The third kappa shape index (κ3) is 151. The van der Waals surface area contributed by atoms with Crippen molar-refractivity contribution in [2.24, 2.45) is 0 Å². The molecule has 0 spiro atoms. The van der Waals surface area contributed by atoms with E-state index in [4.69, 9.17) is 19.2 Å². The second-order valence-corrected chi connectivity index (χ2v) is 1.54. The minimum atomic E-state index is -4.64. The van der Waals surface area contributed by atoms with Crippen LogP contribution in [0.5, 0.6) is 0 Å². The number of rotatable bonds is 0. The van der Waals surface area contributed by atoms with Crippen molar-refractivity contribution in [3.8, 4) is 0 Å². The first kappa shape index (κ1) is 15.7. The van der Waals surface area contributed by atoms with E-state index in [0.717, 1.165) is 0 Å². The van der Waals surface area contributed by atoms with Crippen LogP contribution in [0.2, 0.25) is 0 Å². The largest absolute Gasteiger partial charge is 1.00 e. The van der Waals surface area contributed by atoms with Gasteiger partial charge in [-0.05, 0) is 0 Å². The first-order valence-electron chi connectivity index (χ1n) is 0.783. The molecule has 0 saturated heterocycles. The predicted molar refractivity (Wildman–Crippen MR) is 22.1 cm³/mol. The van der Waals surface area contributed by atoms with Gasteiger partial charge in [-0.15, -0.1) is 0 Å². The molecule has 7 heavy (non-hydrogen) atoms. The van der Waals surface area contributed by atoms with E-state index in [-0.39, 0.29) is 38.4 Å². The van der Waals surface area contributed by atoms with Gasteiger partial charge in [0.05, 0.1) is 0 Å². The molecule has 0 atom stereocenters. The van der Waals surface area contributed by atoms with Crippen LogP contribution in [0.15, 0.2) is 0 Å². The molecule has 0 aromatic rings. The zero-order chi connectivity index (χ0) is 4.50. The van der Waals surface area contributed by atoms with E-state index in [1.54, 1.807) is 0 Å². The molecule has 0 rings (SSSR count). The average Bonchev–Trinajstić information content (AvgIpc) is 0.722. The topological polar surface area (TPSA) is 77.8 Å². The Morgan fingerprint density at radius 1 is 1.29 bits per heavy atom. The Hall–Kier alpha value is 1.11. The van der Waals surface area contributed by atoms with Crippen molar-refractivity contribution in [1.82, 2.24) is 0 Å². The predicted octanol–water partition coefficient (Wildman–Crippen LogP) is -3.18. The Bertz CT molecular complexity index is 62.2. The Morgan fingerprint density at radius 3 is 1.29 bits per heavy atom. The fourth-order valence-electron chi connectivity index (χ4n) is 0. The van der Waals surface area contributed by atoms with Crippen LogP contribution in [-0.2, 0) is 4.57 Å². The monoisotopic (exact) mass is 138 g/mol. The van der Waals surface area contributed by atoms with Gasteiger partial charge in [-0.25, -0.2) is 4.57 Å². The molecular weight excluding hydrogens is 130 g/mol. The summed E-state index contributed by atoms with van der Waals surface area (Å²) >= 11 is 0. The standard InChI is InChI=1S/CH4.Na.H3O4P.H/c;;1-5(2,3)4;/h1H4;;(H3,1,2,3,4);/q;+1;;-1. The summed E-state index contributed by atoms with van der Waals surface area (Å²) in [6, 6.07) is 0. The molecule has 0 aliphatic carbocycles. The number of hydrogen-bond acceptors (Lipinski definition) is 1.